The minimum atomic E-state index is -1.84. The molecule has 0 bridgehead atoms. The van der Waals surface area contributed by atoms with Crippen LogP contribution < -0.4 is 15.5 Å². The van der Waals surface area contributed by atoms with Crippen LogP contribution in [0.2, 0.25) is 0 Å². The van der Waals surface area contributed by atoms with Gasteiger partial charge in [0.1, 0.15) is 5.82 Å². The Labute approximate surface area is 234 Å². The monoisotopic (exact) mass is 563 g/mol. The molecule has 4 aromatic rings. The summed E-state index contributed by atoms with van der Waals surface area (Å²) in [4.78, 5) is 24.5. The van der Waals surface area contributed by atoms with E-state index in [2.05, 4.69) is 63.0 Å². The average molecular weight is 564 g/mol. The second-order valence-electron chi connectivity index (χ2n) is 8.47. The number of aryl methyl sites for hydroxylation is 1. The number of aromatic nitrogens is 2. The normalized spacial score (nSPS) is 11.7. The Morgan fingerprint density at radius 1 is 1.13 bits per heavy atom. The van der Waals surface area contributed by atoms with Crippen molar-refractivity contribution in [1.29, 1.82) is 0 Å². The molecule has 0 spiro atoms. The smallest absolute Gasteiger partial charge is 0.410 e. The van der Waals surface area contributed by atoms with Crippen molar-refractivity contribution in [2.45, 2.75) is 25.7 Å². The van der Waals surface area contributed by atoms with Crippen LogP contribution in [0.4, 0.5) is 27.9 Å². The number of amides is 1. The van der Waals surface area contributed by atoms with Gasteiger partial charge in [-0.25, -0.2) is 9.78 Å². The van der Waals surface area contributed by atoms with Crippen molar-refractivity contribution in [3.05, 3.63) is 77.8 Å². The Morgan fingerprint density at radius 2 is 1.95 bits per heavy atom. The number of benzene rings is 2. The van der Waals surface area contributed by atoms with E-state index in [9.17, 15) is 9.00 Å². The van der Waals surface area contributed by atoms with E-state index in [0.29, 0.717) is 23.1 Å². The van der Waals surface area contributed by atoms with Gasteiger partial charge < -0.3 is 24.5 Å². The van der Waals surface area contributed by atoms with Gasteiger partial charge in [0.15, 0.2) is 0 Å². The molecule has 0 aliphatic rings. The van der Waals surface area contributed by atoms with Gasteiger partial charge in [0.05, 0.1) is 12.2 Å². The zero-order valence-corrected chi connectivity index (χ0v) is 23.7. The van der Waals surface area contributed by atoms with Gasteiger partial charge >= 0.3 is 6.09 Å². The highest BCUT2D eigenvalue weighted by Crippen LogP contribution is 2.31. The fraction of sp³-hybridized carbons (Fsp3) is 0.250. The van der Waals surface area contributed by atoms with Gasteiger partial charge in [0.25, 0.3) is 0 Å². The molecule has 0 aliphatic heterocycles. The van der Waals surface area contributed by atoms with Gasteiger partial charge in [-0.15, -0.1) is 21.9 Å². The predicted octanol–water partition coefficient (Wildman–Crippen LogP) is 6.86. The molecule has 2 heterocycles. The molecule has 2 aromatic heterocycles. The number of likely N-dealkylation sites (N-methyl/N-ethyl adjacent to an activating group) is 1. The van der Waals surface area contributed by atoms with Gasteiger partial charge in [-0.2, -0.15) is 4.98 Å². The number of thiophene rings is 1. The SMILES string of the molecule is CCOC(=O)N=[S-](=O)c1ccc(Nc2ncc(-c3cccs3)c(NCCN(CC)c3cccc(C)c3)n2)cc1. The first-order chi connectivity index (χ1) is 19.0. The van der Waals surface area contributed by atoms with Crippen molar-refractivity contribution in [2.24, 2.45) is 4.36 Å². The van der Waals surface area contributed by atoms with E-state index in [1.807, 2.05) is 23.7 Å². The highest BCUT2D eigenvalue weighted by atomic mass is 32.2. The zero-order chi connectivity index (χ0) is 27.6. The van der Waals surface area contributed by atoms with E-state index < -0.39 is 16.7 Å². The first-order valence-electron chi connectivity index (χ1n) is 12.6. The summed E-state index contributed by atoms with van der Waals surface area (Å²) in [6, 6.07) is 19.3. The topological polar surface area (TPSA) is 109 Å². The van der Waals surface area contributed by atoms with Crippen molar-refractivity contribution in [3.63, 3.8) is 0 Å². The molecular weight excluding hydrogens is 532 g/mol. The van der Waals surface area contributed by atoms with E-state index in [-0.39, 0.29) is 6.61 Å². The summed E-state index contributed by atoms with van der Waals surface area (Å²) < 4.78 is 20.5. The summed E-state index contributed by atoms with van der Waals surface area (Å²) in [6.45, 7) is 8.49. The Bertz CT molecular complexity index is 1470. The fourth-order valence-electron chi connectivity index (χ4n) is 3.85. The molecule has 9 nitrogen and oxygen atoms in total. The van der Waals surface area contributed by atoms with Gasteiger partial charge in [0.2, 0.25) is 5.95 Å². The van der Waals surface area contributed by atoms with Crippen LogP contribution in [-0.2, 0) is 19.5 Å². The summed E-state index contributed by atoms with van der Waals surface area (Å²) >= 11 is 1.63. The maximum Gasteiger partial charge on any atom is 0.410 e. The number of nitrogens with one attached hydrogen (secondary N) is 2. The van der Waals surface area contributed by atoms with Crippen molar-refractivity contribution >= 4 is 51.2 Å². The van der Waals surface area contributed by atoms with Crippen LogP contribution >= 0.6 is 11.3 Å². The first-order valence-corrected chi connectivity index (χ1v) is 14.6. The standard InChI is InChI=1S/C28H31N6O3S2/c1-4-34(22-9-6-8-20(3)18-22)16-15-29-26-24(25-10-7-17-38-25)19-30-27(32-26)31-21-11-13-23(14-12-21)39(36)33-28(35)37-5-2/h6-14,17-19H,4-5,15-16H2,1-3H3,(H2,29,30,31,32)/q-1. The number of carbonyl (C=O) groups excluding carboxylic acids is 1. The lowest BCUT2D eigenvalue weighted by molar-refractivity contribution is 0.164. The second-order valence-corrected chi connectivity index (χ2v) is 10.6. The number of hydrogen-bond acceptors (Lipinski definition) is 10. The van der Waals surface area contributed by atoms with Gasteiger partial charge in [-0.05, 0) is 62.0 Å². The number of nitrogens with zero attached hydrogens (tertiary/aromatic N) is 4. The Hall–Kier alpha value is -3.96. The minimum absolute atomic E-state index is 0.175. The van der Waals surface area contributed by atoms with Gasteiger partial charge in [-0.3, -0.25) is 4.36 Å². The molecule has 0 fully saturated rings. The van der Waals surface area contributed by atoms with Crippen LogP contribution in [0, 0.1) is 6.92 Å². The number of carbonyl (C=O) groups is 1. The highest BCUT2D eigenvalue weighted by molar-refractivity contribution is 7.75. The molecule has 0 atom stereocenters. The molecule has 0 saturated heterocycles. The van der Waals surface area contributed by atoms with E-state index in [1.165, 1.54) is 11.3 Å². The molecule has 0 saturated carbocycles. The number of anilines is 4. The predicted molar refractivity (Wildman–Crippen MR) is 158 cm³/mol. The molecule has 204 valence electrons. The summed E-state index contributed by atoms with van der Waals surface area (Å²) in [5.41, 5.74) is 4.07. The lowest BCUT2D eigenvalue weighted by Crippen LogP contribution is -2.29. The number of hydrogen-bond donors (Lipinski definition) is 2. The van der Waals surface area contributed by atoms with E-state index >= 15 is 0 Å². The first kappa shape index (κ1) is 28.1. The number of ether oxygens (including phenoxy) is 1. The van der Waals surface area contributed by atoms with Crippen molar-refractivity contribution in [2.75, 3.05) is 41.8 Å². The lowest BCUT2D eigenvalue weighted by atomic mass is 10.2. The molecule has 0 unspecified atom stereocenters. The molecule has 0 aliphatic carbocycles. The van der Waals surface area contributed by atoms with E-state index in [4.69, 9.17) is 9.72 Å². The highest BCUT2D eigenvalue weighted by Gasteiger charge is 2.12. The Kier molecular flexibility index (Phi) is 9.87. The van der Waals surface area contributed by atoms with Crippen LogP contribution in [0.25, 0.3) is 10.4 Å². The van der Waals surface area contributed by atoms with Crippen LogP contribution in [0.15, 0.2) is 81.5 Å². The molecule has 39 heavy (non-hydrogen) atoms. The van der Waals surface area contributed by atoms with Gasteiger partial charge in [-0.1, -0.05) is 35.2 Å². The second kappa shape index (κ2) is 13.7. The largest absolute Gasteiger partial charge is 0.450 e. The van der Waals surface area contributed by atoms with Crippen molar-refractivity contribution in [3.8, 4) is 10.4 Å². The summed E-state index contributed by atoms with van der Waals surface area (Å²) in [7, 11) is -1.84. The molecule has 11 heteroatoms. The van der Waals surface area contributed by atoms with E-state index in [0.717, 1.165) is 29.3 Å². The van der Waals surface area contributed by atoms with Crippen LogP contribution in [0.1, 0.15) is 19.4 Å². The fourth-order valence-corrected chi connectivity index (χ4v) is 5.25. The molecule has 1 amide bonds. The Balaban J connectivity index is 1.48. The quantitative estimate of drug-likeness (QED) is 0.191. The molecule has 2 N–H and O–H groups in total. The van der Waals surface area contributed by atoms with Crippen molar-refractivity contribution < 1.29 is 13.7 Å². The van der Waals surface area contributed by atoms with E-state index in [1.54, 1.807) is 42.5 Å². The summed E-state index contributed by atoms with van der Waals surface area (Å²) in [6.07, 6.45) is 0.960. The molecule has 2 aromatic carbocycles. The average Bonchev–Trinajstić information content (AvgIpc) is 3.47. The van der Waals surface area contributed by atoms with Crippen LogP contribution in [0.3, 0.4) is 0 Å². The number of rotatable bonds is 11. The van der Waals surface area contributed by atoms with Gasteiger partial charge in [0, 0.05) is 42.1 Å². The maximum absolute atomic E-state index is 12.3. The molecule has 4 rings (SSSR count). The maximum atomic E-state index is 12.3. The third-order valence-electron chi connectivity index (χ3n) is 5.74. The van der Waals surface area contributed by atoms with Crippen LogP contribution in [-0.4, -0.2) is 42.3 Å². The zero-order valence-electron chi connectivity index (χ0n) is 22.1. The third-order valence-corrected chi connectivity index (χ3v) is 7.63. The van der Waals surface area contributed by atoms with Crippen LogP contribution in [0.5, 0.6) is 0 Å². The molecular formula is C28H31N6O3S2-. The third kappa shape index (κ3) is 7.78. The molecule has 0 radical (unpaired) electrons. The Morgan fingerprint density at radius 3 is 2.64 bits per heavy atom. The minimum Gasteiger partial charge on any atom is -0.450 e. The summed E-state index contributed by atoms with van der Waals surface area (Å²) in [5, 5.41) is 8.73. The summed E-state index contributed by atoms with van der Waals surface area (Å²) in [5.74, 6) is 1.16. The lowest BCUT2D eigenvalue weighted by Gasteiger charge is -2.24. The van der Waals surface area contributed by atoms with Crippen molar-refractivity contribution in [1.82, 2.24) is 9.97 Å².